The second-order valence-corrected chi connectivity index (χ2v) is 3.09. The van der Waals surface area contributed by atoms with Crippen molar-refractivity contribution < 1.29 is 15.0 Å². The predicted molar refractivity (Wildman–Crippen MR) is 53.8 cm³/mol. The third kappa shape index (κ3) is 1.71. The normalized spacial score (nSPS) is 10.1. The highest BCUT2D eigenvalue weighted by molar-refractivity contribution is 5.99. The van der Waals surface area contributed by atoms with Crippen LogP contribution in [0.5, 0.6) is 11.5 Å². The van der Waals surface area contributed by atoms with Crippen molar-refractivity contribution in [1.82, 2.24) is 0 Å². The summed E-state index contributed by atoms with van der Waals surface area (Å²) in [7, 11) is 0. The van der Waals surface area contributed by atoms with Gasteiger partial charge < -0.3 is 10.2 Å². The number of ketones is 1. The van der Waals surface area contributed by atoms with Crippen molar-refractivity contribution in [3.63, 3.8) is 0 Å². The van der Waals surface area contributed by atoms with Gasteiger partial charge in [0, 0.05) is 12.0 Å². The van der Waals surface area contributed by atoms with Crippen LogP contribution in [0.25, 0.3) is 0 Å². The van der Waals surface area contributed by atoms with Gasteiger partial charge in [0.25, 0.3) is 0 Å². The molecule has 0 aliphatic heterocycles. The van der Waals surface area contributed by atoms with Gasteiger partial charge in [-0.05, 0) is 18.6 Å². The van der Waals surface area contributed by atoms with E-state index in [0.717, 1.165) is 0 Å². The minimum atomic E-state index is -0.114. The standard InChI is InChI=1S/C11H14O3/c1-3-7-10(13)6-5-8(11(7)14)9(12)4-2/h5-6,13-14H,3-4H2,1-2H3. The Morgan fingerprint density at radius 3 is 2.43 bits per heavy atom. The molecule has 0 bridgehead atoms. The molecule has 0 amide bonds. The van der Waals surface area contributed by atoms with Gasteiger partial charge in [0.15, 0.2) is 5.78 Å². The van der Waals surface area contributed by atoms with Crippen molar-refractivity contribution in [2.45, 2.75) is 26.7 Å². The van der Waals surface area contributed by atoms with Gasteiger partial charge in [-0.1, -0.05) is 13.8 Å². The smallest absolute Gasteiger partial charge is 0.166 e. The Hall–Kier alpha value is -1.51. The molecule has 0 atom stereocenters. The molecule has 0 aliphatic carbocycles. The molecule has 0 spiro atoms. The molecule has 0 aliphatic rings. The second-order valence-electron chi connectivity index (χ2n) is 3.09. The van der Waals surface area contributed by atoms with Gasteiger partial charge in [-0.25, -0.2) is 0 Å². The van der Waals surface area contributed by atoms with Crippen LogP contribution in [0.2, 0.25) is 0 Å². The molecule has 0 unspecified atom stereocenters. The number of benzene rings is 1. The Labute approximate surface area is 83.0 Å². The number of carbonyl (C=O) groups is 1. The minimum Gasteiger partial charge on any atom is -0.508 e. The van der Waals surface area contributed by atoms with Gasteiger partial charge in [0.1, 0.15) is 11.5 Å². The van der Waals surface area contributed by atoms with E-state index in [2.05, 4.69) is 0 Å². The van der Waals surface area contributed by atoms with Gasteiger partial charge in [-0.2, -0.15) is 0 Å². The number of hydrogen-bond donors (Lipinski definition) is 2. The summed E-state index contributed by atoms with van der Waals surface area (Å²) in [5.41, 5.74) is 0.728. The zero-order valence-electron chi connectivity index (χ0n) is 8.37. The first-order valence-corrected chi connectivity index (χ1v) is 4.68. The number of carbonyl (C=O) groups excluding carboxylic acids is 1. The minimum absolute atomic E-state index is 0.0395. The topological polar surface area (TPSA) is 57.5 Å². The molecule has 1 aromatic carbocycles. The first-order chi connectivity index (χ1) is 6.61. The lowest BCUT2D eigenvalue weighted by molar-refractivity contribution is 0.0985. The molecule has 3 nitrogen and oxygen atoms in total. The number of rotatable bonds is 3. The molecular formula is C11H14O3. The zero-order chi connectivity index (χ0) is 10.7. The third-order valence-corrected chi connectivity index (χ3v) is 2.23. The summed E-state index contributed by atoms with van der Waals surface area (Å²) < 4.78 is 0. The third-order valence-electron chi connectivity index (χ3n) is 2.23. The van der Waals surface area contributed by atoms with E-state index in [-0.39, 0.29) is 17.3 Å². The Kier molecular flexibility index (Phi) is 3.12. The molecule has 0 aromatic heterocycles. The molecule has 0 radical (unpaired) electrons. The fourth-order valence-electron chi connectivity index (χ4n) is 1.39. The largest absolute Gasteiger partial charge is 0.508 e. The monoisotopic (exact) mass is 194 g/mol. The summed E-state index contributed by atoms with van der Waals surface area (Å²) in [6.07, 6.45) is 0.851. The maximum absolute atomic E-state index is 11.4. The fourth-order valence-corrected chi connectivity index (χ4v) is 1.39. The number of phenols is 2. The van der Waals surface area contributed by atoms with Gasteiger partial charge >= 0.3 is 0 Å². The van der Waals surface area contributed by atoms with Gasteiger partial charge in [-0.15, -0.1) is 0 Å². The summed E-state index contributed by atoms with van der Waals surface area (Å²) in [4.78, 5) is 11.4. The van der Waals surface area contributed by atoms with E-state index in [4.69, 9.17) is 0 Å². The van der Waals surface area contributed by atoms with Crippen molar-refractivity contribution >= 4 is 5.78 Å². The van der Waals surface area contributed by atoms with Crippen LogP contribution in [0.15, 0.2) is 12.1 Å². The van der Waals surface area contributed by atoms with Crippen LogP contribution in [-0.4, -0.2) is 16.0 Å². The van der Waals surface area contributed by atoms with Crippen molar-refractivity contribution in [2.75, 3.05) is 0 Å². The molecule has 0 saturated carbocycles. The second kappa shape index (κ2) is 4.13. The van der Waals surface area contributed by atoms with E-state index >= 15 is 0 Å². The number of Topliss-reactive ketones (excluding diaryl/α,β-unsaturated/α-hetero) is 1. The van der Waals surface area contributed by atoms with E-state index in [9.17, 15) is 15.0 Å². The van der Waals surface area contributed by atoms with E-state index in [1.807, 2.05) is 6.92 Å². The van der Waals surface area contributed by atoms with E-state index in [0.29, 0.717) is 24.0 Å². The highest BCUT2D eigenvalue weighted by Gasteiger charge is 2.14. The van der Waals surface area contributed by atoms with Gasteiger partial charge in [0.05, 0.1) is 5.56 Å². The van der Waals surface area contributed by atoms with Crippen LogP contribution >= 0.6 is 0 Å². The lowest BCUT2D eigenvalue weighted by Crippen LogP contribution is -1.99. The number of hydrogen-bond acceptors (Lipinski definition) is 3. The Morgan fingerprint density at radius 1 is 1.29 bits per heavy atom. The summed E-state index contributed by atoms with van der Waals surface area (Å²) in [6, 6.07) is 2.90. The molecule has 14 heavy (non-hydrogen) atoms. The molecule has 3 heteroatoms. The van der Waals surface area contributed by atoms with E-state index < -0.39 is 0 Å². The average Bonchev–Trinajstić information content (AvgIpc) is 2.18. The Balaban J connectivity index is 3.28. The predicted octanol–water partition coefficient (Wildman–Crippen LogP) is 2.25. The lowest BCUT2D eigenvalue weighted by atomic mass is 10.0. The molecule has 1 aromatic rings. The number of phenolic OH excluding ortho intramolecular Hbond substituents is 2. The van der Waals surface area contributed by atoms with Gasteiger partial charge in [0.2, 0.25) is 0 Å². The van der Waals surface area contributed by atoms with Crippen LogP contribution in [0.4, 0.5) is 0 Å². The maximum Gasteiger partial charge on any atom is 0.166 e. The summed E-state index contributed by atoms with van der Waals surface area (Å²) in [5, 5.41) is 19.1. The summed E-state index contributed by atoms with van der Waals surface area (Å²) in [6.45, 7) is 3.55. The molecule has 76 valence electrons. The SMILES string of the molecule is CCC(=O)c1ccc(O)c(CC)c1O. The summed E-state index contributed by atoms with van der Waals surface area (Å²) >= 11 is 0. The molecule has 0 saturated heterocycles. The Bertz CT molecular complexity index is 356. The molecule has 0 heterocycles. The highest BCUT2D eigenvalue weighted by atomic mass is 16.3. The molecule has 0 fully saturated rings. The van der Waals surface area contributed by atoms with Crippen LogP contribution in [0.1, 0.15) is 36.2 Å². The van der Waals surface area contributed by atoms with E-state index in [1.165, 1.54) is 12.1 Å². The first-order valence-electron chi connectivity index (χ1n) is 4.68. The fraction of sp³-hybridized carbons (Fsp3) is 0.364. The lowest BCUT2D eigenvalue weighted by Gasteiger charge is -2.08. The average molecular weight is 194 g/mol. The first kappa shape index (κ1) is 10.6. The maximum atomic E-state index is 11.4. The van der Waals surface area contributed by atoms with Crippen LogP contribution < -0.4 is 0 Å². The van der Waals surface area contributed by atoms with Gasteiger partial charge in [-0.3, -0.25) is 4.79 Å². The van der Waals surface area contributed by atoms with E-state index in [1.54, 1.807) is 6.92 Å². The van der Waals surface area contributed by atoms with Crippen LogP contribution in [0.3, 0.4) is 0 Å². The molecule has 2 N–H and O–H groups in total. The van der Waals surface area contributed by atoms with Crippen molar-refractivity contribution in [3.8, 4) is 11.5 Å². The Morgan fingerprint density at radius 2 is 1.93 bits per heavy atom. The quantitative estimate of drug-likeness (QED) is 0.725. The highest BCUT2D eigenvalue weighted by Crippen LogP contribution is 2.31. The van der Waals surface area contributed by atoms with Crippen molar-refractivity contribution in [2.24, 2.45) is 0 Å². The van der Waals surface area contributed by atoms with Crippen LogP contribution in [-0.2, 0) is 6.42 Å². The van der Waals surface area contributed by atoms with Crippen molar-refractivity contribution in [3.05, 3.63) is 23.3 Å². The van der Waals surface area contributed by atoms with Crippen LogP contribution in [0, 0.1) is 0 Å². The zero-order valence-corrected chi connectivity index (χ0v) is 8.37. The van der Waals surface area contributed by atoms with Crippen molar-refractivity contribution in [1.29, 1.82) is 0 Å². The number of aromatic hydroxyl groups is 2. The molecule has 1 rings (SSSR count). The molecular weight excluding hydrogens is 180 g/mol. The summed E-state index contributed by atoms with van der Waals surface area (Å²) in [5.74, 6) is -0.158.